The maximum atomic E-state index is 13.1. The van der Waals surface area contributed by atoms with Crippen molar-refractivity contribution in [1.29, 1.82) is 0 Å². The van der Waals surface area contributed by atoms with Crippen LogP contribution < -0.4 is 5.01 Å². The van der Waals surface area contributed by atoms with Crippen LogP contribution in [0.4, 0.5) is 17.6 Å². The maximum Gasteiger partial charge on any atom is 0.330 e. The average Bonchev–Trinajstić information content (AvgIpc) is 2.78. The Bertz CT molecular complexity index is 580. The van der Waals surface area contributed by atoms with Crippen LogP contribution in [0.1, 0.15) is 0 Å². The van der Waals surface area contributed by atoms with E-state index in [4.69, 9.17) is 0 Å². The summed E-state index contributed by atoms with van der Waals surface area (Å²) in [6, 6.07) is 0. The summed E-state index contributed by atoms with van der Waals surface area (Å²) in [6.07, 6.45) is 2.48. The molecule has 96 valence electrons. The summed E-state index contributed by atoms with van der Waals surface area (Å²) < 4.78 is 52.3. The molecule has 0 bridgehead atoms. The molecule has 0 aliphatic carbocycles. The van der Waals surface area contributed by atoms with E-state index in [0.29, 0.717) is 5.01 Å². The smallest absolute Gasteiger partial charge is 0.281 e. The zero-order chi connectivity index (χ0) is 13.0. The van der Waals surface area contributed by atoms with E-state index in [0.717, 1.165) is 11.1 Å². The van der Waals surface area contributed by atoms with E-state index in [9.17, 15) is 17.6 Å². The van der Waals surface area contributed by atoms with Gasteiger partial charge in [0, 0.05) is 0 Å². The number of aromatic nitrogens is 5. The fraction of sp³-hybridized carbons (Fsp3) is 0.500. The first-order chi connectivity index (χ1) is 8.41. The number of rotatable bonds is 1. The lowest BCUT2D eigenvalue weighted by molar-refractivity contribution is -0.172. The van der Waals surface area contributed by atoms with E-state index in [1.807, 2.05) is 0 Å². The van der Waals surface area contributed by atoms with Crippen molar-refractivity contribution in [2.24, 2.45) is 0 Å². The molecule has 2 aromatic rings. The standard InChI is InChI=1S/C8H6F4N6/c9-7(10)2-17(3-8(7,11)12)18-6-5(15-16-18)1-13-4-14-6/h1,4H,2-3H2. The predicted molar refractivity (Wildman–Crippen MR) is 51.0 cm³/mol. The van der Waals surface area contributed by atoms with Crippen molar-refractivity contribution in [2.75, 3.05) is 18.1 Å². The summed E-state index contributed by atoms with van der Waals surface area (Å²) in [4.78, 5) is 8.30. The molecule has 0 unspecified atom stereocenters. The summed E-state index contributed by atoms with van der Waals surface area (Å²) in [7, 11) is 0. The number of alkyl halides is 4. The van der Waals surface area contributed by atoms with Crippen molar-refractivity contribution in [3.8, 4) is 0 Å². The van der Waals surface area contributed by atoms with E-state index in [1.165, 1.54) is 6.20 Å². The molecule has 0 aromatic carbocycles. The number of nitrogens with zero attached hydrogens (tertiary/aromatic N) is 6. The molecule has 2 aromatic heterocycles. The van der Waals surface area contributed by atoms with Gasteiger partial charge in [-0.25, -0.2) is 9.97 Å². The van der Waals surface area contributed by atoms with Crippen molar-refractivity contribution in [2.45, 2.75) is 11.8 Å². The van der Waals surface area contributed by atoms with Crippen LogP contribution in [-0.2, 0) is 0 Å². The van der Waals surface area contributed by atoms with Gasteiger partial charge in [-0.3, -0.25) is 5.01 Å². The van der Waals surface area contributed by atoms with E-state index in [1.54, 1.807) is 0 Å². The molecule has 1 fully saturated rings. The molecular formula is C8H6F4N6. The Hall–Kier alpha value is -2.00. The first kappa shape index (κ1) is 11.1. The molecule has 0 amide bonds. The molecule has 10 heteroatoms. The Morgan fingerprint density at radius 3 is 2.44 bits per heavy atom. The zero-order valence-electron chi connectivity index (χ0n) is 8.76. The van der Waals surface area contributed by atoms with E-state index < -0.39 is 24.9 Å². The summed E-state index contributed by atoms with van der Waals surface area (Å²) in [6.45, 7) is -2.27. The minimum Gasteiger partial charge on any atom is -0.281 e. The molecule has 3 rings (SSSR count). The molecule has 1 aliphatic heterocycles. The van der Waals surface area contributed by atoms with Gasteiger partial charge in [-0.2, -0.15) is 17.6 Å². The number of halogens is 4. The van der Waals surface area contributed by atoms with Crippen molar-refractivity contribution >= 4 is 11.2 Å². The number of hydrogen-bond acceptors (Lipinski definition) is 5. The second-order valence-electron chi connectivity index (χ2n) is 3.94. The predicted octanol–water partition coefficient (Wildman–Crippen LogP) is 0.444. The van der Waals surface area contributed by atoms with Crippen LogP contribution in [0.3, 0.4) is 0 Å². The van der Waals surface area contributed by atoms with Gasteiger partial charge in [0.05, 0.1) is 6.20 Å². The van der Waals surface area contributed by atoms with Gasteiger partial charge < -0.3 is 0 Å². The molecule has 3 heterocycles. The second-order valence-corrected chi connectivity index (χ2v) is 3.94. The van der Waals surface area contributed by atoms with Gasteiger partial charge in [-0.05, 0) is 5.21 Å². The molecule has 0 saturated carbocycles. The maximum absolute atomic E-state index is 13.1. The topological polar surface area (TPSA) is 59.7 Å². The highest BCUT2D eigenvalue weighted by Crippen LogP contribution is 2.40. The molecule has 1 aliphatic rings. The van der Waals surface area contributed by atoms with Gasteiger partial charge in [0.2, 0.25) is 5.65 Å². The van der Waals surface area contributed by atoms with Crippen LogP contribution in [0, 0.1) is 0 Å². The Labute approximate surface area is 97.2 Å². The van der Waals surface area contributed by atoms with Gasteiger partial charge in [-0.1, -0.05) is 0 Å². The SMILES string of the molecule is FC1(F)CN(n2nnc3cncnc32)CC1(F)F. The van der Waals surface area contributed by atoms with Crippen LogP contribution in [0.25, 0.3) is 11.2 Å². The van der Waals surface area contributed by atoms with Gasteiger partial charge in [-0.15, -0.1) is 9.89 Å². The summed E-state index contributed by atoms with van der Waals surface area (Å²) in [5.74, 6) is -8.20. The third kappa shape index (κ3) is 1.41. The lowest BCUT2D eigenvalue weighted by Crippen LogP contribution is -2.38. The van der Waals surface area contributed by atoms with Gasteiger partial charge in [0.1, 0.15) is 19.4 Å². The molecular weight excluding hydrogens is 256 g/mol. The van der Waals surface area contributed by atoms with Crippen LogP contribution >= 0.6 is 0 Å². The highest BCUT2D eigenvalue weighted by atomic mass is 19.3. The van der Waals surface area contributed by atoms with Crippen LogP contribution in [0.2, 0.25) is 0 Å². The molecule has 1 saturated heterocycles. The average molecular weight is 262 g/mol. The van der Waals surface area contributed by atoms with Crippen LogP contribution in [0.5, 0.6) is 0 Å². The lowest BCUT2D eigenvalue weighted by atomic mass is 10.2. The van der Waals surface area contributed by atoms with Gasteiger partial charge in [0.25, 0.3) is 0 Å². The zero-order valence-corrected chi connectivity index (χ0v) is 8.76. The third-order valence-corrected chi connectivity index (χ3v) is 2.66. The highest BCUT2D eigenvalue weighted by Gasteiger charge is 2.63. The van der Waals surface area contributed by atoms with E-state index in [2.05, 4.69) is 20.3 Å². The fourth-order valence-electron chi connectivity index (χ4n) is 1.74. The molecule has 0 N–H and O–H groups in total. The van der Waals surface area contributed by atoms with Crippen LogP contribution in [-0.4, -0.2) is 50.0 Å². The quantitative estimate of drug-likeness (QED) is 0.698. The molecule has 0 spiro atoms. The third-order valence-electron chi connectivity index (χ3n) is 2.66. The van der Waals surface area contributed by atoms with Crippen molar-refractivity contribution < 1.29 is 17.6 Å². The van der Waals surface area contributed by atoms with Crippen molar-refractivity contribution in [1.82, 2.24) is 25.1 Å². The summed E-state index contributed by atoms with van der Waals surface area (Å²) in [5.41, 5.74) is 0.356. The fourth-order valence-corrected chi connectivity index (χ4v) is 1.74. The lowest BCUT2D eigenvalue weighted by Gasteiger charge is -2.15. The number of fused-ring (bicyclic) bond motifs is 1. The first-order valence-corrected chi connectivity index (χ1v) is 4.93. The molecule has 0 atom stereocenters. The largest absolute Gasteiger partial charge is 0.330 e. The van der Waals surface area contributed by atoms with Gasteiger partial charge in [0.15, 0.2) is 5.52 Å². The Morgan fingerprint density at radius 2 is 1.78 bits per heavy atom. The van der Waals surface area contributed by atoms with Gasteiger partial charge >= 0.3 is 11.8 Å². The summed E-state index contributed by atoms with van der Waals surface area (Å²) >= 11 is 0. The first-order valence-electron chi connectivity index (χ1n) is 4.93. The minimum atomic E-state index is -4.10. The summed E-state index contributed by atoms with van der Waals surface area (Å²) in [5, 5.41) is 7.86. The normalized spacial score (nSPS) is 21.7. The minimum absolute atomic E-state index is 0.110. The number of hydrogen-bond donors (Lipinski definition) is 0. The van der Waals surface area contributed by atoms with E-state index >= 15 is 0 Å². The molecule has 0 radical (unpaired) electrons. The van der Waals surface area contributed by atoms with E-state index in [-0.39, 0.29) is 11.2 Å². The Kier molecular flexibility index (Phi) is 2.02. The molecule has 6 nitrogen and oxygen atoms in total. The molecule has 18 heavy (non-hydrogen) atoms. The monoisotopic (exact) mass is 262 g/mol. The Balaban J connectivity index is 2.03. The highest BCUT2D eigenvalue weighted by molar-refractivity contribution is 5.68. The Morgan fingerprint density at radius 1 is 1.11 bits per heavy atom. The van der Waals surface area contributed by atoms with Crippen molar-refractivity contribution in [3.63, 3.8) is 0 Å². The second kappa shape index (κ2) is 3.27. The van der Waals surface area contributed by atoms with Crippen LogP contribution in [0.15, 0.2) is 12.5 Å². The van der Waals surface area contributed by atoms with Crippen molar-refractivity contribution in [3.05, 3.63) is 12.5 Å².